The first-order valence-corrected chi connectivity index (χ1v) is 6.20. The third kappa shape index (κ3) is 2.71. The van der Waals surface area contributed by atoms with E-state index in [1.807, 2.05) is 0 Å². The zero-order chi connectivity index (χ0) is 10.8. The quantitative estimate of drug-likeness (QED) is 0.796. The second-order valence-corrected chi connectivity index (χ2v) is 5.32. The van der Waals surface area contributed by atoms with Crippen LogP contribution in [0.5, 0.6) is 0 Å². The van der Waals surface area contributed by atoms with Gasteiger partial charge in [0.25, 0.3) is 0 Å². The van der Waals surface area contributed by atoms with Crippen LogP contribution in [0.3, 0.4) is 0 Å². The summed E-state index contributed by atoms with van der Waals surface area (Å²) in [7, 11) is 0. The lowest BCUT2D eigenvalue weighted by Gasteiger charge is -1.93. The molecule has 78 valence electrons. The summed E-state index contributed by atoms with van der Waals surface area (Å²) in [4.78, 5) is 11.7. The number of furan rings is 1. The minimum absolute atomic E-state index is 0.0476. The van der Waals surface area contributed by atoms with Crippen LogP contribution in [0.1, 0.15) is 15.9 Å². The van der Waals surface area contributed by atoms with E-state index in [2.05, 4.69) is 15.9 Å². The number of Topliss-reactive ketones (excluding diaryl/α,β-unsaturated/α-hetero) is 1. The Kier molecular flexibility index (Phi) is 3.29. The Balaban J connectivity index is 2.10. The van der Waals surface area contributed by atoms with Gasteiger partial charge in [-0.1, -0.05) is 11.6 Å². The minimum atomic E-state index is 0.0476. The minimum Gasteiger partial charge on any atom is -0.457 e. The van der Waals surface area contributed by atoms with Gasteiger partial charge in [0, 0.05) is 17.4 Å². The van der Waals surface area contributed by atoms with Crippen molar-refractivity contribution in [3.8, 4) is 0 Å². The Morgan fingerprint density at radius 2 is 2.33 bits per heavy atom. The molecule has 0 unspecified atom stereocenters. The van der Waals surface area contributed by atoms with E-state index in [0.29, 0.717) is 21.0 Å². The smallest absolute Gasteiger partial charge is 0.169 e. The third-order valence-electron chi connectivity index (χ3n) is 1.88. The number of thiophene rings is 1. The van der Waals surface area contributed by atoms with Crippen LogP contribution in [0, 0.1) is 0 Å². The summed E-state index contributed by atoms with van der Waals surface area (Å²) in [6.07, 6.45) is 1.90. The first kappa shape index (κ1) is 10.9. The highest BCUT2D eigenvalue weighted by Gasteiger charge is 2.10. The lowest BCUT2D eigenvalue weighted by atomic mass is 10.1. The van der Waals surface area contributed by atoms with Crippen molar-refractivity contribution in [2.75, 3.05) is 0 Å². The van der Waals surface area contributed by atoms with E-state index in [4.69, 9.17) is 16.0 Å². The molecule has 15 heavy (non-hydrogen) atoms. The molecular weight excluding hydrogens is 300 g/mol. The molecule has 2 heterocycles. The number of carbonyl (C=O) groups is 1. The molecule has 0 aliphatic rings. The number of rotatable bonds is 3. The van der Waals surface area contributed by atoms with E-state index in [1.54, 1.807) is 23.8 Å². The standard InChI is InChI=1S/C10H6BrClO2S/c11-9-2-6(4-14-9)1-8(13)7-3-10(12)15-5-7/h2-5H,1H2. The number of hydrogen-bond acceptors (Lipinski definition) is 3. The zero-order valence-corrected chi connectivity index (χ0v) is 10.7. The largest absolute Gasteiger partial charge is 0.457 e. The lowest BCUT2D eigenvalue weighted by Crippen LogP contribution is -2.00. The van der Waals surface area contributed by atoms with Gasteiger partial charge in [0.15, 0.2) is 10.5 Å². The van der Waals surface area contributed by atoms with Gasteiger partial charge in [-0.15, -0.1) is 11.3 Å². The van der Waals surface area contributed by atoms with Crippen LogP contribution < -0.4 is 0 Å². The molecule has 0 aromatic carbocycles. The molecule has 0 atom stereocenters. The maximum Gasteiger partial charge on any atom is 0.169 e. The van der Waals surface area contributed by atoms with Gasteiger partial charge in [-0.05, 0) is 33.6 Å². The van der Waals surface area contributed by atoms with Gasteiger partial charge < -0.3 is 4.42 Å². The highest BCUT2D eigenvalue weighted by Crippen LogP contribution is 2.22. The molecule has 0 fully saturated rings. The molecule has 0 saturated heterocycles. The molecule has 0 amide bonds. The van der Waals surface area contributed by atoms with Gasteiger partial charge in [0.2, 0.25) is 0 Å². The highest BCUT2D eigenvalue weighted by molar-refractivity contribution is 9.10. The summed E-state index contributed by atoms with van der Waals surface area (Å²) in [5.41, 5.74) is 1.51. The van der Waals surface area contributed by atoms with E-state index in [-0.39, 0.29) is 5.78 Å². The average molecular weight is 306 g/mol. The van der Waals surface area contributed by atoms with E-state index >= 15 is 0 Å². The fraction of sp³-hybridized carbons (Fsp3) is 0.100. The maximum atomic E-state index is 11.7. The summed E-state index contributed by atoms with van der Waals surface area (Å²) in [6.45, 7) is 0. The van der Waals surface area contributed by atoms with Crippen LogP contribution >= 0.6 is 38.9 Å². The second kappa shape index (κ2) is 4.51. The molecule has 0 radical (unpaired) electrons. The van der Waals surface area contributed by atoms with Gasteiger partial charge in [0.1, 0.15) is 0 Å². The van der Waals surface area contributed by atoms with E-state index < -0.39 is 0 Å². The van der Waals surface area contributed by atoms with Crippen LogP contribution in [0.15, 0.2) is 32.9 Å². The SMILES string of the molecule is O=C(Cc1coc(Br)c1)c1csc(Cl)c1. The average Bonchev–Trinajstić information content (AvgIpc) is 2.75. The number of halogens is 2. The van der Waals surface area contributed by atoms with Crippen molar-refractivity contribution in [1.29, 1.82) is 0 Å². The molecule has 0 N–H and O–H groups in total. The number of ketones is 1. The second-order valence-electron chi connectivity index (χ2n) is 3.00. The monoisotopic (exact) mass is 304 g/mol. The van der Waals surface area contributed by atoms with Gasteiger partial charge in [0.05, 0.1) is 10.6 Å². The number of carbonyl (C=O) groups excluding carboxylic acids is 1. The predicted octanol–water partition coefficient (Wildman–Crippen LogP) is 4.18. The summed E-state index contributed by atoms with van der Waals surface area (Å²) in [5.74, 6) is 0.0476. The van der Waals surface area contributed by atoms with Crippen molar-refractivity contribution >= 4 is 44.7 Å². The van der Waals surface area contributed by atoms with Gasteiger partial charge in [-0.2, -0.15) is 0 Å². The maximum absolute atomic E-state index is 11.7. The summed E-state index contributed by atoms with van der Waals surface area (Å²) < 4.78 is 6.31. The fourth-order valence-corrected chi connectivity index (χ4v) is 2.45. The zero-order valence-electron chi connectivity index (χ0n) is 7.50. The molecule has 5 heteroatoms. The molecule has 2 aromatic heterocycles. The Bertz CT molecular complexity index is 489. The summed E-state index contributed by atoms with van der Waals surface area (Å²) in [5, 5.41) is 1.76. The van der Waals surface area contributed by atoms with Crippen molar-refractivity contribution < 1.29 is 9.21 Å². The number of hydrogen-bond donors (Lipinski definition) is 0. The Morgan fingerprint density at radius 1 is 1.53 bits per heavy atom. The van der Waals surface area contributed by atoms with Crippen molar-refractivity contribution in [3.05, 3.63) is 43.9 Å². The van der Waals surface area contributed by atoms with Gasteiger partial charge >= 0.3 is 0 Å². The fourth-order valence-electron chi connectivity index (χ4n) is 1.18. The molecule has 0 bridgehead atoms. The lowest BCUT2D eigenvalue weighted by molar-refractivity contribution is 0.0993. The normalized spacial score (nSPS) is 10.5. The van der Waals surface area contributed by atoms with Crippen molar-refractivity contribution in [2.24, 2.45) is 0 Å². The molecule has 0 aliphatic carbocycles. The molecule has 2 rings (SSSR count). The van der Waals surface area contributed by atoms with E-state index in [9.17, 15) is 4.79 Å². The molecule has 0 saturated carbocycles. The van der Waals surface area contributed by atoms with Gasteiger partial charge in [-0.3, -0.25) is 4.79 Å². The molecule has 0 spiro atoms. The van der Waals surface area contributed by atoms with Crippen LogP contribution in [-0.4, -0.2) is 5.78 Å². The molecule has 2 aromatic rings. The first-order chi connectivity index (χ1) is 7.15. The van der Waals surface area contributed by atoms with E-state index in [0.717, 1.165) is 5.56 Å². The van der Waals surface area contributed by atoms with Crippen LogP contribution in [-0.2, 0) is 6.42 Å². The van der Waals surface area contributed by atoms with Crippen molar-refractivity contribution in [1.82, 2.24) is 0 Å². The molecular formula is C10H6BrClO2S. The predicted molar refractivity (Wildman–Crippen MR) is 63.8 cm³/mol. The van der Waals surface area contributed by atoms with Crippen molar-refractivity contribution in [2.45, 2.75) is 6.42 Å². The highest BCUT2D eigenvalue weighted by atomic mass is 79.9. The Morgan fingerprint density at radius 3 is 2.87 bits per heavy atom. The van der Waals surface area contributed by atoms with E-state index in [1.165, 1.54) is 11.3 Å². The third-order valence-corrected chi connectivity index (χ3v) is 3.38. The van der Waals surface area contributed by atoms with Crippen LogP contribution in [0.2, 0.25) is 4.34 Å². The van der Waals surface area contributed by atoms with Crippen LogP contribution in [0.4, 0.5) is 0 Å². The Labute approximate surface area is 104 Å². The summed E-state index contributed by atoms with van der Waals surface area (Å²) >= 11 is 10.3. The summed E-state index contributed by atoms with van der Waals surface area (Å²) in [6, 6.07) is 3.47. The first-order valence-electron chi connectivity index (χ1n) is 4.15. The molecule has 0 aliphatic heterocycles. The Hall–Kier alpha value is -0.580. The topological polar surface area (TPSA) is 30.2 Å². The van der Waals surface area contributed by atoms with Gasteiger partial charge in [-0.25, -0.2) is 0 Å². The van der Waals surface area contributed by atoms with Crippen molar-refractivity contribution in [3.63, 3.8) is 0 Å². The molecule has 2 nitrogen and oxygen atoms in total. The van der Waals surface area contributed by atoms with Crippen LogP contribution in [0.25, 0.3) is 0 Å².